The second kappa shape index (κ2) is 11.9. The Balaban J connectivity index is 1.19. The first-order valence-electron chi connectivity index (χ1n) is 14.5. The maximum absolute atomic E-state index is 12.6. The highest BCUT2D eigenvalue weighted by Crippen LogP contribution is 2.36. The van der Waals surface area contributed by atoms with E-state index in [9.17, 15) is 9.59 Å². The molecule has 1 aromatic heterocycles. The van der Waals surface area contributed by atoms with Gasteiger partial charge in [0.1, 0.15) is 11.6 Å². The van der Waals surface area contributed by atoms with E-state index in [0.29, 0.717) is 48.1 Å². The van der Waals surface area contributed by atoms with Gasteiger partial charge in [0.2, 0.25) is 0 Å². The van der Waals surface area contributed by atoms with Crippen molar-refractivity contribution in [2.75, 3.05) is 67.5 Å². The van der Waals surface area contributed by atoms with Gasteiger partial charge in [-0.25, -0.2) is 14.8 Å². The highest BCUT2D eigenvalue weighted by atomic mass is 16.5. The number of nitrogens with zero attached hydrogens (tertiary/aromatic N) is 5. The van der Waals surface area contributed by atoms with Crippen molar-refractivity contribution in [2.45, 2.75) is 37.9 Å². The number of hydrogen-bond acceptors (Lipinski definition) is 8. The first-order valence-corrected chi connectivity index (χ1v) is 14.5. The fraction of sp³-hybridized carbons (Fsp3) is 0.419. The molecule has 3 aromatic rings. The molecule has 3 saturated heterocycles. The standard InChI is InChI=1S/C31H37N7O4/c1-20-17-41-15-14-37(20)27-16-28(38-25-12-13-26(38)19-42-18-25)35-29(34-27)21-4-8-23(9-5-21)32-31(40)33-24-10-6-22(7-11-24)30(39)36(2)3/h4-11,16,20,25-26H,12-15,17-19H2,1-3H3,(H2,32,33,40)/t20-,25?,26?/m1/s1. The van der Waals surface area contributed by atoms with E-state index < -0.39 is 0 Å². The van der Waals surface area contributed by atoms with Crippen LogP contribution in [0.5, 0.6) is 0 Å². The lowest BCUT2D eigenvalue weighted by molar-refractivity contribution is 0.0827. The van der Waals surface area contributed by atoms with E-state index in [1.165, 1.54) is 4.90 Å². The van der Waals surface area contributed by atoms with Gasteiger partial charge in [-0.1, -0.05) is 0 Å². The zero-order chi connectivity index (χ0) is 29.2. The van der Waals surface area contributed by atoms with Crippen molar-refractivity contribution >= 4 is 34.9 Å². The molecule has 2 bridgehead atoms. The lowest BCUT2D eigenvalue weighted by Crippen LogP contribution is -2.47. The molecule has 0 spiro atoms. The number of amides is 3. The molecule has 3 aliphatic rings. The summed E-state index contributed by atoms with van der Waals surface area (Å²) in [6.45, 7) is 5.71. The summed E-state index contributed by atoms with van der Waals surface area (Å²) in [6.07, 6.45) is 2.21. The number of benzene rings is 2. The monoisotopic (exact) mass is 571 g/mol. The number of carbonyl (C=O) groups is 2. The largest absolute Gasteiger partial charge is 0.377 e. The van der Waals surface area contributed by atoms with Gasteiger partial charge in [-0.05, 0) is 68.3 Å². The summed E-state index contributed by atoms with van der Waals surface area (Å²) < 4.78 is 11.5. The van der Waals surface area contributed by atoms with Crippen molar-refractivity contribution in [2.24, 2.45) is 0 Å². The number of ether oxygens (including phenoxy) is 2. The summed E-state index contributed by atoms with van der Waals surface area (Å²) in [5.74, 6) is 2.39. The smallest absolute Gasteiger partial charge is 0.323 e. The van der Waals surface area contributed by atoms with Gasteiger partial charge in [0.25, 0.3) is 5.91 Å². The summed E-state index contributed by atoms with van der Waals surface area (Å²) in [7, 11) is 3.40. The van der Waals surface area contributed by atoms with Gasteiger partial charge in [-0.2, -0.15) is 0 Å². The molecule has 2 unspecified atom stereocenters. The van der Waals surface area contributed by atoms with E-state index in [1.54, 1.807) is 38.4 Å². The second-order valence-electron chi connectivity index (χ2n) is 11.3. The average Bonchev–Trinajstić information content (AvgIpc) is 3.25. The molecule has 11 heteroatoms. The van der Waals surface area contributed by atoms with Crippen LogP contribution in [0.3, 0.4) is 0 Å². The number of hydrogen-bond donors (Lipinski definition) is 2. The Bertz CT molecular complexity index is 1410. The molecule has 3 amide bonds. The molecule has 3 aliphatic heterocycles. The number of fused-ring (bicyclic) bond motifs is 2. The van der Waals surface area contributed by atoms with Gasteiger partial charge in [0.15, 0.2) is 5.82 Å². The van der Waals surface area contributed by atoms with Gasteiger partial charge in [-0.3, -0.25) is 4.79 Å². The number of nitrogens with one attached hydrogen (secondary N) is 2. The molecule has 3 fully saturated rings. The Morgan fingerprint density at radius 3 is 2.10 bits per heavy atom. The number of rotatable bonds is 6. The highest BCUT2D eigenvalue weighted by molar-refractivity contribution is 6.00. The van der Waals surface area contributed by atoms with E-state index in [1.807, 2.05) is 24.3 Å². The van der Waals surface area contributed by atoms with Crippen molar-refractivity contribution in [3.8, 4) is 11.4 Å². The molecule has 220 valence electrons. The van der Waals surface area contributed by atoms with Crippen molar-refractivity contribution in [3.05, 3.63) is 60.2 Å². The van der Waals surface area contributed by atoms with Crippen LogP contribution in [0, 0.1) is 0 Å². The molecule has 0 saturated carbocycles. The van der Waals surface area contributed by atoms with Crippen LogP contribution in [0.2, 0.25) is 0 Å². The molecule has 42 heavy (non-hydrogen) atoms. The fourth-order valence-corrected chi connectivity index (χ4v) is 5.85. The maximum Gasteiger partial charge on any atom is 0.323 e. The SMILES string of the molecule is C[C@@H]1COCCN1c1cc(N2C3CCC2COC3)nc(-c2ccc(NC(=O)Nc3ccc(C(=O)N(C)C)cc3)cc2)n1. The fourth-order valence-electron chi connectivity index (χ4n) is 5.85. The van der Waals surface area contributed by atoms with Crippen LogP contribution in [0.25, 0.3) is 11.4 Å². The van der Waals surface area contributed by atoms with E-state index in [-0.39, 0.29) is 18.0 Å². The first-order chi connectivity index (χ1) is 20.4. The number of anilines is 4. The van der Waals surface area contributed by atoms with Gasteiger partial charge in [0, 0.05) is 49.2 Å². The normalized spacial score (nSPS) is 21.6. The molecular weight excluding hydrogens is 534 g/mol. The Kier molecular flexibility index (Phi) is 7.94. The number of urea groups is 1. The van der Waals surface area contributed by atoms with E-state index in [0.717, 1.165) is 49.8 Å². The van der Waals surface area contributed by atoms with Crippen molar-refractivity contribution in [3.63, 3.8) is 0 Å². The molecule has 0 aliphatic carbocycles. The summed E-state index contributed by atoms with van der Waals surface area (Å²) in [4.78, 5) is 41.0. The maximum atomic E-state index is 12.6. The minimum atomic E-state index is -0.376. The topological polar surface area (TPSA) is 112 Å². The summed E-state index contributed by atoms with van der Waals surface area (Å²) >= 11 is 0. The Hall–Kier alpha value is -4.22. The number of aromatic nitrogens is 2. The third kappa shape index (κ3) is 5.88. The van der Waals surface area contributed by atoms with Crippen molar-refractivity contribution < 1.29 is 19.1 Å². The third-order valence-electron chi connectivity index (χ3n) is 8.06. The number of carbonyl (C=O) groups excluding carboxylic acids is 2. The minimum absolute atomic E-state index is 0.0931. The van der Waals surface area contributed by atoms with E-state index >= 15 is 0 Å². The van der Waals surface area contributed by atoms with Crippen LogP contribution in [0.15, 0.2) is 54.6 Å². The predicted molar refractivity (Wildman–Crippen MR) is 162 cm³/mol. The summed E-state index contributed by atoms with van der Waals surface area (Å²) in [5, 5.41) is 5.67. The predicted octanol–water partition coefficient (Wildman–Crippen LogP) is 4.08. The quantitative estimate of drug-likeness (QED) is 0.455. The lowest BCUT2D eigenvalue weighted by atomic mass is 10.1. The molecule has 3 atom stereocenters. The van der Waals surface area contributed by atoms with E-state index in [4.69, 9.17) is 19.4 Å². The van der Waals surface area contributed by atoms with Gasteiger partial charge >= 0.3 is 6.03 Å². The van der Waals surface area contributed by atoms with Crippen LogP contribution < -0.4 is 20.4 Å². The van der Waals surface area contributed by atoms with Crippen molar-refractivity contribution in [1.29, 1.82) is 0 Å². The molecule has 0 radical (unpaired) electrons. The second-order valence-corrected chi connectivity index (χ2v) is 11.3. The molecule has 11 nitrogen and oxygen atoms in total. The van der Waals surface area contributed by atoms with Gasteiger partial charge in [-0.15, -0.1) is 0 Å². The Morgan fingerprint density at radius 1 is 0.857 bits per heavy atom. The minimum Gasteiger partial charge on any atom is -0.377 e. The highest BCUT2D eigenvalue weighted by Gasteiger charge is 2.39. The van der Waals surface area contributed by atoms with Gasteiger partial charge < -0.3 is 34.8 Å². The summed E-state index contributed by atoms with van der Waals surface area (Å²) in [6, 6.07) is 17.0. The lowest BCUT2D eigenvalue weighted by Gasteiger charge is -2.38. The summed E-state index contributed by atoms with van der Waals surface area (Å²) in [5.41, 5.74) is 2.65. The molecule has 2 N–H and O–H groups in total. The Morgan fingerprint density at radius 2 is 1.48 bits per heavy atom. The molecular formula is C31H37N7O4. The van der Waals surface area contributed by atoms with Crippen LogP contribution in [-0.4, -0.2) is 92.0 Å². The molecule has 2 aromatic carbocycles. The molecule has 6 rings (SSSR count). The van der Waals surface area contributed by atoms with Gasteiger partial charge in [0.05, 0.1) is 44.6 Å². The van der Waals surface area contributed by atoms with Crippen LogP contribution in [0.1, 0.15) is 30.1 Å². The van der Waals surface area contributed by atoms with Crippen LogP contribution in [0.4, 0.5) is 27.8 Å². The Labute approximate surface area is 245 Å². The van der Waals surface area contributed by atoms with Crippen LogP contribution in [-0.2, 0) is 9.47 Å². The zero-order valence-corrected chi connectivity index (χ0v) is 24.2. The average molecular weight is 572 g/mol. The first kappa shape index (κ1) is 27.9. The van der Waals surface area contributed by atoms with Crippen LogP contribution >= 0.6 is 0 Å². The van der Waals surface area contributed by atoms with Crippen molar-refractivity contribution in [1.82, 2.24) is 14.9 Å². The third-order valence-corrected chi connectivity index (χ3v) is 8.06. The van der Waals surface area contributed by atoms with E-state index in [2.05, 4.69) is 33.4 Å². The molecule has 4 heterocycles. The zero-order valence-electron chi connectivity index (χ0n) is 24.2. The number of morpholine rings is 2.